The highest BCUT2D eigenvalue weighted by atomic mass is 35.5. The maximum absolute atomic E-state index is 12.2. The van der Waals surface area contributed by atoms with Gasteiger partial charge in [-0.2, -0.15) is 5.10 Å². The van der Waals surface area contributed by atoms with Crippen LogP contribution < -0.4 is 5.32 Å². The fourth-order valence-electron chi connectivity index (χ4n) is 2.29. The minimum atomic E-state index is -0.335. The zero-order valence-corrected chi connectivity index (χ0v) is 14.5. The number of halogens is 2. The van der Waals surface area contributed by atoms with E-state index in [9.17, 15) is 4.79 Å². The molecule has 1 amide bonds. The van der Waals surface area contributed by atoms with Gasteiger partial charge in [-0.25, -0.2) is 0 Å². The molecule has 1 aromatic carbocycles. The smallest absolute Gasteiger partial charge is 0.273 e. The number of carbonyl (C=O) groups excluding carboxylic acids is 1. The number of hydrogen-bond donors (Lipinski definition) is 1. The number of nitrogens with zero attached hydrogens (tertiary/aromatic N) is 3. The van der Waals surface area contributed by atoms with E-state index in [-0.39, 0.29) is 11.6 Å². The SMILES string of the molecule is Cc1nn(C)cc1CNC(=O)c1cc(-c2ccc(Cl)cc2Cl)on1. The number of benzene rings is 1. The Labute approximate surface area is 148 Å². The van der Waals surface area contributed by atoms with E-state index in [4.69, 9.17) is 27.7 Å². The number of aromatic nitrogens is 3. The Morgan fingerprint density at radius 3 is 2.79 bits per heavy atom. The van der Waals surface area contributed by atoms with Crippen LogP contribution in [0.2, 0.25) is 10.0 Å². The molecule has 0 aliphatic carbocycles. The molecule has 2 heterocycles. The van der Waals surface area contributed by atoms with Gasteiger partial charge < -0.3 is 9.84 Å². The van der Waals surface area contributed by atoms with Crippen LogP contribution >= 0.6 is 23.2 Å². The van der Waals surface area contributed by atoms with Gasteiger partial charge in [0, 0.05) is 42.0 Å². The Bertz CT molecular complexity index is 901. The quantitative estimate of drug-likeness (QED) is 0.767. The van der Waals surface area contributed by atoms with Crippen LogP contribution in [0, 0.1) is 6.92 Å². The molecular formula is C16H14Cl2N4O2. The van der Waals surface area contributed by atoms with Crippen molar-refractivity contribution in [2.24, 2.45) is 7.05 Å². The Morgan fingerprint density at radius 1 is 1.33 bits per heavy atom. The Hall–Kier alpha value is -2.31. The maximum Gasteiger partial charge on any atom is 0.273 e. The molecular weight excluding hydrogens is 351 g/mol. The summed E-state index contributed by atoms with van der Waals surface area (Å²) in [6.07, 6.45) is 1.86. The van der Waals surface area contributed by atoms with Gasteiger partial charge in [-0.05, 0) is 25.1 Å². The third-order valence-electron chi connectivity index (χ3n) is 3.49. The molecule has 3 aromatic rings. The van der Waals surface area contributed by atoms with E-state index in [2.05, 4.69) is 15.6 Å². The number of carbonyl (C=O) groups is 1. The Morgan fingerprint density at radius 2 is 2.12 bits per heavy atom. The standard InChI is InChI=1S/C16H14Cl2N4O2/c1-9-10(8-22(2)20-9)7-19-16(23)14-6-15(24-21-14)12-4-3-11(17)5-13(12)18/h3-6,8H,7H2,1-2H3,(H,19,23). The van der Waals surface area contributed by atoms with Crippen molar-refractivity contribution >= 4 is 29.1 Å². The molecule has 8 heteroatoms. The molecule has 124 valence electrons. The van der Waals surface area contributed by atoms with Crippen LogP contribution in [-0.2, 0) is 13.6 Å². The lowest BCUT2D eigenvalue weighted by molar-refractivity contribution is 0.0942. The van der Waals surface area contributed by atoms with Crippen molar-refractivity contribution in [3.8, 4) is 11.3 Å². The van der Waals surface area contributed by atoms with Crippen LogP contribution in [0.1, 0.15) is 21.7 Å². The molecule has 0 bridgehead atoms. The van der Waals surface area contributed by atoms with Crippen molar-refractivity contribution in [3.05, 3.63) is 57.5 Å². The molecule has 0 fully saturated rings. The predicted molar refractivity (Wildman–Crippen MR) is 91.1 cm³/mol. The fourth-order valence-corrected chi connectivity index (χ4v) is 2.79. The molecule has 24 heavy (non-hydrogen) atoms. The second kappa shape index (κ2) is 6.67. The van der Waals surface area contributed by atoms with E-state index in [0.29, 0.717) is 27.9 Å². The summed E-state index contributed by atoms with van der Waals surface area (Å²) >= 11 is 12.0. The lowest BCUT2D eigenvalue weighted by atomic mass is 10.1. The second-order valence-corrected chi connectivity index (χ2v) is 6.14. The van der Waals surface area contributed by atoms with Gasteiger partial charge in [0.2, 0.25) is 0 Å². The summed E-state index contributed by atoms with van der Waals surface area (Å²) in [5.74, 6) is 0.0673. The first-order chi connectivity index (χ1) is 11.4. The molecule has 0 unspecified atom stereocenters. The van der Waals surface area contributed by atoms with Crippen LogP contribution in [0.15, 0.2) is 35.0 Å². The summed E-state index contributed by atoms with van der Waals surface area (Å²) in [4.78, 5) is 12.2. The molecule has 0 atom stereocenters. The largest absolute Gasteiger partial charge is 0.355 e. The van der Waals surface area contributed by atoms with Crippen LogP contribution in [0.3, 0.4) is 0 Å². The van der Waals surface area contributed by atoms with E-state index >= 15 is 0 Å². The lowest BCUT2D eigenvalue weighted by Crippen LogP contribution is -2.23. The predicted octanol–water partition coefficient (Wildman–Crippen LogP) is 3.62. The summed E-state index contributed by atoms with van der Waals surface area (Å²) in [6, 6.07) is 6.55. The minimum absolute atomic E-state index is 0.178. The van der Waals surface area contributed by atoms with Crippen molar-refractivity contribution in [1.82, 2.24) is 20.3 Å². The number of amides is 1. The monoisotopic (exact) mass is 364 g/mol. The van der Waals surface area contributed by atoms with Crippen molar-refractivity contribution < 1.29 is 9.32 Å². The molecule has 0 saturated carbocycles. The van der Waals surface area contributed by atoms with Gasteiger partial charge in [0.1, 0.15) is 0 Å². The van der Waals surface area contributed by atoms with Gasteiger partial charge >= 0.3 is 0 Å². The van der Waals surface area contributed by atoms with Gasteiger partial charge in [-0.3, -0.25) is 9.48 Å². The number of rotatable bonds is 4. The highest BCUT2D eigenvalue weighted by Crippen LogP contribution is 2.30. The number of hydrogen-bond acceptors (Lipinski definition) is 4. The van der Waals surface area contributed by atoms with Crippen molar-refractivity contribution in [1.29, 1.82) is 0 Å². The van der Waals surface area contributed by atoms with Gasteiger partial charge in [-0.15, -0.1) is 0 Å². The molecule has 6 nitrogen and oxygen atoms in total. The molecule has 0 aliphatic heterocycles. The second-order valence-electron chi connectivity index (χ2n) is 5.30. The topological polar surface area (TPSA) is 73.0 Å². The van der Waals surface area contributed by atoms with Crippen LogP contribution in [0.5, 0.6) is 0 Å². The molecule has 0 spiro atoms. The zero-order chi connectivity index (χ0) is 17.3. The van der Waals surface area contributed by atoms with Crippen LogP contribution in [-0.4, -0.2) is 20.8 Å². The highest BCUT2D eigenvalue weighted by Gasteiger charge is 2.16. The summed E-state index contributed by atoms with van der Waals surface area (Å²) < 4.78 is 6.92. The number of nitrogens with one attached hydrogen (secondary N) is 1. The first-order valence-corrected chi connectivity index (χ1v) is 7.89. The summed E-state index contributed by atoms with van der Waals surface area (Å²) in [6.45, 7) is 2.25. The lowest BCUT2D eigenvalue weighted by Gasteiger charge is -2.01. The Kier molecular flexibility index (Phi) is 4.59. The highest BCUT2D eigenvalue weighted by molar-refractivity contribution is 6.36. The first kappa shape index (κ1) is 16.5. The zero-order valence-electron chi connectivity index (χ0n) is 13.0. The van der Waals surface area contributed by atoms with Gasteiger partial charge in [-0.1, -0.05) is 28.4 Å². The van der Waals surface area contributed by atoms with Gasteiger partial charge in [0.05, 0.1) is 10.7 Å². The first-order valence-electron chi connectivity index (χ1n) is 7.13. The van der Waals surface area contributed by atoms with Crippen molar-refractivity contribution in [2.45, 2.75) is 13.5 Å². The molecule has 2 aromatic heterocycles. The van der Waals surface area contributed by atoms with Crippen LogP contribution in [0.4, 0.5) is 0 Å². The van der Waals surface area contributed by atoms with E-state index in [1.54, 1.807) is 28.9 Å². The maximum atomic E-state index is 12.2. The minimum Gasteiger partial charge on any atom is -0.355 e. The summed E-state index contributed by atoms with van der Waals surface area (Å²) in [5, 5.41) is 11.8. The van der Waals surface area contributed by atoms with Gasteiger partial charge in [0.15, 0.2) is 11.5 Å². The fraction of sp³-hybridized carbons (Fsp3) is 0.188. The third kappa shape index (κ3) is 3.44. The Balaban J connectivity index is 1.73. The van der Waals surface area contributed by atoms with E-state index in [0.717, 1.165) is 11.3 Å². The average Bonchev–Trinajstić information content (AvgIpc) is 3.11. The molecule has 0 radical (unpaired) electrons. The average molecular weight is 365 g/mol. The molecule has 0 saturated heterocycles. The van der Waals surface area contributed by atoms with Gasteiger partial charge in [0.25, 0.3) is 5.91 Å². The molecule has 1 N–H and O–H groups in total. The van der Waals surface area contributed by atoms with Crippen molar-refractivity contribution in [3.63, 3.8) is 0 Å². The summed E-state index contributed by atoms with van der Waals surface area (Å²) in [5.41, 5.74) is 2.61. The normalized spacial score (nSPS) is 10.8. The molecule has 3 rings (SSSR count). The van der Waals surface area contributed by atoms with Crippen molar-refractivity contribution in [2.75, 3.05) is 0 Å². The molecule has 0 aliphatic rings. The summed E-state index contributed by atoms with van der Waals surface area (Å²) in [7, 11) is 1.83. The van der Waals surface area contributed by atoms with E-state index in [1.165, 1.54) is 0 Å². The third-order valence-corrected chi connectivity index (χ3v) is 4.04. The van der Waals surface area contributed by atoms with E-state index in [1.807, 2.05) is 20.2 Å². The van der Waals surface area contributed by atoms with Crippen LogP contribution in [0.25, 0.3) is 11.3 Å². The van der Waals surface area contributed by atoms with E-state index < -0.39 is 0 Å². The number of aryl methyl sites for hydroxylation is 2.